The molecule has 148 valence electrons. The van der Waals surface area contributed by atoms with Gasteiger partial charge in [0.05, 0.1) is 14.2 Å². The third-order valence-corrected chi connectivity index (χ3v) is 5.36. The number of nitrogens with zero attached hydrogens (tertiary/aromatic N) is 1. The topological polar surface area (TPSA) is 67.6 Å². The van der Waals surface area contributed by atoms with Gasteiger partial charge < -0.3 is 14.8 Å². The van der Waals surface area contributed by atoms with Crippen molar-refractivity contribution in [2.24, 2.45) is 0 Å². The second-order valence-electron chi connectivity index (χ2n) is 6.46. The smallest absolute Gasteiger partial charge is 0.238 e. The summed E-state index contributed by atoms with van der Waals surface area (Å²) >= 11 is 1.22. The summed E-state index contributed by atoms with van der Waals surface area (Å²) in [7, 11) is 3.24. The summed E-state index contributed by atoms with van der Waals surface area (Å²) in [6.07, 6.45) is 0. The fraction of sp³-hybridized carbons (Fsp3) is 0.333. The number of hydrogen-bond donors (Lipinski definition) is 1. The van der Waals surface area contributed by atoms with Crippen molar-refractivity contribution in [2.75, 3.05) is 33.1 Å². The van der Waals surface area contributed by atoms with Gasteiger partial charge in [-0.1, -0.05) is 42.1 Å². The van der Waals surface area contributed by atoms with Crippen LogP contribution in [0.25, 0.3) is 0 Å². The molecular formula is C21H24N2O4S. The number of carbonyl (C=O) groups is 2. The van der Waals surface area contributed by atoms with Crippen molar-refractivity contribution in [1.82, 2.24) is 10.2 Å². The van der Waals surface area contributed by atoms with Gasteiger partial charge in [-0.25, -0.2) is 0 Å². The molecule has 0 spiro atoms. The highest BCUT2D eigenvalue weighted by Gasteiger charge is 2.39. The van der Waals surface area contributed by atoms with Crippen LogP contribution in [-0.4, -0.2) is 55.0 Å². The van der Waals surface area contributed by atoms with E-state index >= 15 is 0 Å². The minimum atomic E-state index is -0.118. The first-order valence-corrected chi connectivity index (χ1v) is 10.0. The largest absolute Gasteiger partial charge is 0.497 e. The lowest BCUT2D eigenvalue weighted by molar-refractivity contribution is -0.121. The van der Waals surface area contributed by atoms with Crippen LogP contribution in [0.15, 0.2) is 48.5 Å². The molecule has 0 aliphatic carbocycles. The van der Waals surface area contributed by atoms with Crippen molar-refractivity contribution < 1.29 is 19.1 Å². The first-order valence-electron chi connectivity index (χ1n) is 9.06. The van der Waals surface area contributed by atoms with Crippen LogP contribution in [0.2, 0.25) is 0 Å². The van der Waals surface area contributed by atoms with Crippen molar-refractivity contribution in [3.63, 3.8) is 0 Å². The lowest BCUT2D eigenvalue weighted by atomic mass is 10.2. The monoisotopic (exact) mass is 400 g/mol. The number of rotatable bonds is 9. The van der Waals surface area contributed by atoms with Crippen molar-refractivity contribution in [1.29, 1.82) is 0 Å². The highest BCUT2D eigenvalue weighted by atomic mass is 32.2. The van der Waals surface area contributed by atoms with Crippen LogP contribution in [-0.2, 0) is 11.3 Å². The van der Waals surface area contributed by atoms with E-state index < -0.39 is 0 Å². The van der Waals surface area contributed by atoms with Gasteiger partial charge in [-0.2, -0.15) is 0 Å². The van der Waals surface area contributed by atoms with Crippen LogP contribution in [0.3, 0.4) is 0 Å². The number of hydrogen-bond acceptors (Lipinski definition) is 6. The second kappa shape index (κ2) is 9.61. The molecule has 1 saturated heterocycles. The summed E-state index contributed by atoms with van der Waals surface area (Å²) in [5.74, 6) is 2.02. The Morgan fingerprint density at radius 2 is 1.79 bits per heavy atom. The molecule has 2 atom stereocenters. The van der Waals surface area contributed by atoms with E-state index in [-0.39, 0.29) is 17.1 Å². The Morgan fingerprint density at radius 3 is 2.43 bits per heavy atom. The van der Waals surface area contributed by atoms with Gasteiger partial charge in [0.25, 0.3) is 0 Å². The normalized spacial score (nSPS) is 17.6. The molecule has 6 nitrogen and oxygen atoms in total. The molecule has 1 heterocycles. The van der Waals surface area contributed by atoms with Gasteiger partial charge in [-0.3, -0.25) is 14.5 Å². The summed E-state index contributed by atoms with van der Waals surface area (Å²) in [6.45, 7) is 1.85. The first-order chi connectivity index (χ1) is 13.6. The summed E-state index contributed by atoms with van der Waals surface area (Å²) < 4.78 is 10.6. The molecule has 1 aliphatic rings. The molecule has 2 unspecified atom stereocenters. The van der Waals surface area contributed by atoms with Gasteiger partial charge in [-0.15, -0.1) is 0 Å². The zero-order valence-corrected chi connectivity index (χ0v) is 16.8. The molecular weight excluding hydrogens is 376 g/mol. The van der Waals surface area contributed by atoms with Crippen LogP contribution in [0.4, 0.5) is 0 Å². The van der Waals surface area contributed by atoms with Gasteiger partial charge in [0, 0.05) is 37.0 Å². The second-order valence-corrected chi connectivity index (χ2v) is 7.53. The van der Waals surface area contributed by atoms with E-state index in [4.69, 9.17) is 9.47 Å². The number of amides is 1. The van der Waals surface area contributed by atoms with E-state index in [1.54, 1.807) is 26.4 Å². The van der Waals surface area contributed by atoms with Gasteiger partial charge in [-0.05, 0) is 17.7 Å². The standard InChI is InChI=1S/C21H24N2O4S/c1-26-17-10-15(11-18(12-17)27-2)13-23-14-19(23)20(24)22-8-9-28-21(25)16-6-4-3-5-7-16/h3-7,10-12,19H,8-9,13-14H2,1-2H3,(H,22,24). The average Bonchev–Trinajstić information content (AvgIpc) is 3.50. The fourth-order valence-corrected chi connectivity index (χ4v) is 3.58. The summed E-state index contributed by atoms with van der Waals surface area (Å²) in [6, 6.07) is 14.8. The lowest BCUT2D eigenvalue weighted by Gasteiger charge is -2.09. The number of ether oxygens (including phenoxy) is 2. The average molecular weight is 401 g/mol. The predicted octanol–water partition coefficient (Wildman–Crippen LogP) is 2.58. The third-order valence-electron chi connectivity index (χ3n) is 4.46. The highest BCUT2D eigenvalue weighted by Crippen LogP contribution is 2.27. The molecule has 2 aromatic carbocycles. The van der Waals surface area contributed by atoms with Gasteiger partial charge in [0.1, 0.15) is 17.5 Å². The molecule has 3 rings (SSSR count). The van der Waals surface area contributed by atoms with Crippen LogP contribution < -0.4 is 14.8 Å². The lowest BCUT2D eigenvalue weighted by Crippen LogP contribution is -2.31. The SMILES string of the molecule is COc1cc(CN2CC2C(=O)NCCSC(=O)c2ccccc2)cc(OC)c1. The molecule has 0 bridgehead atoms. The third kappa shape index (κ3) is 5.50. The Labute approximate surface area is 169 Å². The van der Waals surface area contributed by atoms with Gasteiger partial charge >= 0.3 is 0 Å². The minimum absolute atomic E-state index is 0.00243. The number of nitrogens with one attached hydrogen (secondary N) is 1. The number of carbonyl (C=O) groups excluding carboxylic acids is 2. The van der Waals surface area contributed by atoms with Crippen molar-refractivity contribution in [2.45, 2.75) is 12.6 Å². The van der Waals surface area contributed by atoms with E-state index in [1.807, 2.05) is 36.4 Å². The molecule has 28 heavy (non-hydrogen) atoms. The van der Waals surface area contributed by atoms with Crippen molar-refractivity contribution in [3.8, 4) is 11.5 Å². The maximum absolute atomic E-state index is 12.3. The van der Waals surface area contributed by atoms with Crippen molar-refractivity contribution in [3.05, 3.63) is 59.7 Å². The zero-order chi connectivity index (χ0) is 19.9. The molecule has 1 N–H and O–H groups in total. The van der Waals surface area contributed by atoms with E-state index in [9.17, 15) is 9.59 Å². The summed E-state index contributed by atoms with van der Waals surface area (Å²) in [4.78, 5) is 26.4. The maximum Gasteiger partial charge on any atom is 0.238 e. The van der Waals surface area contributed by atoms with E-state index in [2.05, 4.69) is 10.2 Å². The van der Waals surface area contributed by atoms with Crippen molar-refractivity contribution >= 4 is 22.8 Å². The zero-order valence-electron chi connectivity index (χ0n) is 16.0. The molecule has 1 fully saturated rings. The maximum atomic E-state index is 12.3. The Balaban J connectivity index is 1.39. The molecule has 1 amide bonds. The Bertz CT molecular complexity index is 806. The summed E-state index contributed by atoms with van der Waals surface area (Å²) in [5, 5.41) is 2.93. The van der Waals surface area contributed by atoms with Crippen LogP contribution in [0.5, 0.6) is 11.5 Å². The Kier molecular flexibility index (Phi) is 6.95. The quantitative estimate of drug-likeness (QED) is 0.516. The fourth-order valence-electron chi connectivity index (χ4n) is 2.88. The van der Waals surface area contributed by atoms with Crippen LogP contribution in [0.1, 0.15) is 15.9 Å². The number of thioether (sulfide) groups is 1. The van der Waals surface area contributed by atoms with Gasteiger partial charge in [0.2, 0.25) is 11.0 Å². The number of methoxy groups -OCH3 is 2. The Hall–Kier alpha value is -2.51. The molecule has 0 saturated carbocycles. The molecule has 1 aliphatic heterocycles. The summed E-state index contributed by atoms with van der Waals surface area (Å²) in [5.41, 5.74) is 1.72. The van der Waals surface area contributed by atoms with Crippen LogP contribution >= 0.6 is 11.8 Å². The first kappa shape index (κ1) is 20.2. The molecule has 0 radical (unpaired) electrons. The van der Waals surface area contributed by atoms with E-state index in [1.165, 1.54) is 11.8 Å². The minimum Gasteiger partial charge on any atom is -0.497 e. The molecule has 0 aromatic heterocycles. The van der Waals surface area contributed by atoms with Gasteiger partial charge in [0.15, 0.2) is 0 Å². The van der Waals surface area contributed by atoms with E-state index in [0.717, 1.165) is 23.6 Å². The predicted molar refractivity (Wildman–Crippen MR) is 110 cm³/mol. The molecule has 2 aromatic rings. The van der Waals surface area contributed by atoms with Crippen LogP contribution in [0, 0.1) is 0 Å². The number of benzene rings is 2. The van der Waals surface area contributed by atoms with E-state index in [0.29, 0.717) is 24.4 Å². The highest BCUT2D eigenvalue weighted by molar-refractivity contribution is 8.14. The Morgan fingerprint density at radius 1 is 1.11 bits per heavy atom. The molecule has 7 heteroatoms.